The number of hydrogen-bond donors (Lipinski definition) is 1. The van der Waals surface area contributed by atoms with E-state index in [2.05, 4.69) is 20.9 Å². The average Bonchev–Trinajstić information content (AvgIpc) is 2.06. The number of rotatable bonds is 3. The molecule has 4 heteroatoms. The van der Waals surface area contributed by atoms with Crippen LogP contribution in [0, 0.1) is 0 Å². The highest BCUT2D eigenvalue weighted by atomic mass is 79.9. The van der Waals surface area contributed by atoms with Crippen molar-refractivity contribution in [1.82, 2.24) is 4.98 Å². The molecule has 0 aliphatic rings. The van der Waals surface area contributed by atoms with Crippen molar-refractivity contribution < 1.29 is 0 Å². The lowest BCUT2D eigenvalue weighted by atomic mass is 10.1. The van der Waals surface area contributed by atoms with E-state index in [-0.39, 0.29) is 6.04 Å². The van der Waals surface area contributed by atoms with Gasteiger partial charge in [-0.15, -0.1) is 0 Å². The SMILES string of the molecule is CC(N)CCc1cc(Cl)ncc1Br. The molecule has 0 radical (unpaired) electrons. The van der Waals surface area contributed by atoms with Gasteiger partial charge < -0.3 is 5.73 Å². The fourth-order valence-corrected chi connectivity index (χ4v) is 1.62. The molecule has 0 aliphatic heterocycles. The summed E-state index contributed by atoms with van der Waals surface area (Å²) in [6, 6.07) is 2.09. The maximum atomic E-state index is 5.77. The Morgan fingerprint density at radius 2 is 2.38 bits per heavy atom. The van der Waals surface area contributed by atoms with E-state index in [0.717, 1.165) is 22.9 Å². The molecule has 13 heavy (non-hydrogen) atoms. The number of aryl methyl sites for hydroxylation is 1. The lowest BCUT2D eigenvalue weighted by molar-refractivity contribution is 0.664. The van der Waals surface area contributed by atoms with Crippen LogP contribution in [-0.4, -0.2) is 11.0 Å². The van der Waals surface area contributed by atoms with Crippen molar-refractivity contribution in [3.05, 3.63) is 27.5 Å². The smallest absolute Gasteiger partial charge is 0.129 e. The van der Waals surface area contributed by atoms with Crippen LogP contribution in [0.1, 0.15) is 18.9 Å². The molecule has 0 saturated heterocycles. The molecule has 0 amide bonds. The summed E-state index contributed by atoms with van der Waals surface area (Å²) in [6.45, 7) is 2.00. The number of aromatic nitrogens is 1. The first-order valence-corrected chi connectivity index (χ1v) is 5.32. The highest BCUT2D eigenvalue weighted by Gasteiger charge is 2.03. The monoisotopic (exact) mass is 262 g/mol. The molecule has 0 fully saturated rings. The van der Waals surface area contributed by atoms with Gasteiger partial charge in [-0.1, -0.05) is 11.6 Å². The zero-order valence-electron chi connectivity index (χ0n) is 7.43. The summed E-state index contributed by atoms with van der Waals surface area (Å²) < 4.78 is 0.998. The molecular weight excluding hydrogens is 251 g/mol. The molecule has 2 N–H and O–H groups in total. The van der Waals surface area contributed by atoms with Gasteiger partial charge in [0.25, 0.3) is 0 Å². The maximum Gasteiger partial charge on any atom is 0.129 e. The lowest BCUT2D eigenvalue weighted by Crippen LogP contribution is -2.15. The van der Waals surface area contributed by atoms with Crippen LogP contribution in [0.4, 0.5) is 0 Å². The molecule has 1 aromatic rings. The largest absolute Gasteiger partial charge is 0.328 e. The Kier molecular flexibility index (Phi) is 4.16. The molecule has 0 spiro atoms. The summed E-state index contributed by atoms with van der Waals surface area (Å²) in [5.41, 5.74) is 6.83. The molecular formula is C9H12BrClN2. The minimum atomic E-state index is 0.221. The summed E-state index contributed by atoms with van der Waals surface area (Å²) in [4.78, 5) is 3.95. The van der Waals surface area contributed by atoms with Gasteiger partial charge >= 0.3 is 0 Å². The van der Waals surface area contributed by atoms with Gasteiger partial charge in [0.05, 0.1) is 0 Å². The molecule has 1 rings (SSSR count). The molecule has 1 heterocycles. The fourth-order valence-electron chi connectivity index (χ4n) is 1.03. The van der Waals surface area contributed by atoms with E-state index in [1.807, 2.05) is 13.0 Å². The number of halogens is 2. The molecule has 1 aromatic heterocycles. The molecule has 2 nitrogen and oxygen atoms in total. The molecule has 0 aliphatic carbocycles. The van der Waals surface area contributed by atoms with E-state index in [1.54, 1.807) is 6.20 Å². The van der Waals surface area contributed by atoms with Crippen molar-refractivity contribution >= 4 is 27.5 Å². The number of nitrogens with two attached hydrogens (primary N) is 1. The molecule has 72 valence electrons. The van der Waals surface area contributed by atoms with Gasteiger partial charge in [-0.05, 0) is 47.3 Å². The minimum absolute atomic E-state index is 0.221. The first-order chi connectivity index (χ1) is 6.09. The number of pyridine rings is 1. The lowest BCUT2D eigenvalue weighted by Gasteiger charge is -2.06. The van der Waals surface area contributed by atoms with E-state index in [0.29, 0.717) is 5.15 Å². The fraction of sp³-hybridized carbons (Fsp3) is 0.444. The summed E-state index contributed by atoms with van der Waals surface area (Å²) in [5.74, 6) is 0. The molecule has 0 aromatic carbocycles. The van der Waals surface area contributed by atoms with E-state index in [4.69, 9.17) is 17.3 Å². The third-order valence-corrected chi connectivity index (χ3v) is 2.69. The topological polar surface area (TPSA) is 38.9 Å². The Balaban J connectivity index is 2.70. The van der Waals surface area contributed by atoms with E-state index < -0.39 is 0 Å². The third kappa shape index (κ3) is 3.63. The van der Waals surface area contributed by atoms with Gasteiger partial charge in [0.2, 0.25) is 0 Å². The highest BCUT2D eigenvalue weighted by Crippen LogP contribution is 2.20. The summed E-state index contributed by atoms with van der Waals surface area (Å²) >= 11 is 9.19. The van der Waals surface area contributed by atoms with Crippen molar-refractivity contribution in [1.29, 1.82) is 0 Å². The van der Waals surface area contributed by atoms with Crippen LogP contribution >= 0.6 is 27.5 Å². The summed E-state index contributed by atoms with van der Waals surface area (Å²) in [7, 11) is 0. The van der Waals surface area contributed by atoms with Gasteiger partial charge in [0.1, 0.15) is 5.15 Å². The summed E-state index contributed by atoms with van der Waals surface area (Å²) in [6.07, 6.45) is 3.61. The van der Waals surface area contributed by atoms with E-state index in [1.165, 1.54) is 0 Å². The Bertz CT molecular complexity index is 289. The zero-order valence-corrected chi connectivity index (χ0v) is 9.77. The van der Waals surface area contributed by atoms with Crippen LogP contribution in [0.15, 0.2) is 16.7 Å². The van der Waals surface area contributed by atoms with Crippen LogP contribution < -0.4 is 5.73 Å². The first-order valence-electron chi connectivity index (χ1n) is 4.15. The zero-order chi connectivity index (χ0) is 9.84. The first kappa shape index (κ1) is 11.0. The Labute approximate surface area is 91.6 Å². The van der Waals surface area contributed by atoms with Crippen LogP contribution in [0.5, 0.6) is 0 Å². The van der Waals surface area contributed by atoms with Gasteiger partial charge in [-0.2, -0.15) is 0 Å². The number of hydrogen-bond acceptors (Lipinski definition) is 2. The van der Waals surface area contributed by atoms with Crippen LogP contribution in [-0.2, 0) is 6.42 Å². The Hall–Kier alpha value is -0.120. The second-order valence-corrected chi connectivity index (χ2v) is 4.36. The van der Waals surface area contributed by atoms with E-state index >= 15 is 0 Å². The molecule has 0 saturated carbocycles. The third-order valence-electron chi connectivity index (χ3n) is 1.77. The van der Waals surface area contributed by atoms with Gasteiger partial charge in [-0.25, -0.2) is 4.98 Å². The van der Waals surface area contributed by atoms with Crippen molar-refractivity contribution in [2.45, 2.75) is 25.8 Å². The molecule has 1 unspecified atom stereocenters. The molecule has 0 bridgehead atoms. The Morgan fingerprint density at radius 1 is 1.69 bits per heavy atom. The normalized spacial score (nSPS) is 12.9. The quantitative estimate of drug-likeness (QED) is 0.852. The van der Waals surface area contributed by atoms with Crippen molar-refractivity contribution in [2.75, 3.05) is 0 Å². The second kappa shape index (κ2) is 4.94. The highest BCUT2D eigenvalue weighted by molar-refractivity contribution is 9.10. The second-order valence-electron chi connectivity index (χ2n) is 3.11. The van der Waals surface area contributed by atoms with E-state index in [9.17, 15) is 0 Å². The Morgan fingerprint density at radius 3 is 3.00 bits per heavy atom. The number of nitrogens with zero attached hydrogens (tertiary/aromatic N) is 1. The van der Waals surface area contributed by atoms with Crippen molar-refractivity contribution in [3.63, 3.8) is 0 Å². The summed E-state index contributed by atoms with van der Waals surface area (Å²) in [5, 5.41) is 0.530. The van der Waals surface area contributed by atoms with Crippen molar-refractivity contribution in [3.8, 4) is 0 Å². The standard InChI is InChI=1S/C9H12BrClN2/c1-6(12)2-3-7-4-9(11)13-5-8(7)10/h4-6H,2-3,12H2,1H3. The van der Waals surface area contributed by atoms with Crippen LogP contribution in [0.2, 0.25) is 5.15 Å². The van der Waals surface area contributed by atoms with Gasteiger partial charge in [-0.3, -0.25) is 0 Å². The van der Waals surface area contributed by atoms with Crippen LogP contribution in [0.25, 0.3) is 0 Å². The van der Waals surface area contributed by atoms with Crippen LogP contribution in [0.3, 0.4) is 0 Å². The maximum absolute atomic E-state index is 5.77. The predicted molar refractivity (Wildman–Crippen MR) is 58.9 cm³/mol. The minimum Gasteiger partial charge on any atom is -0.328 e. The van der Waals surface area contributed by atoms with Crippen molar-refractivity contribution in [2.24, 2.45) is 5.73 Å². The predicted octanol–water partition coefficient (Wildman–Crippen LogP) is 2.78. The van der Waals surface area contributed by atoms with Gasteiger partial charge in [0.15, 0.2) is 0 Å². The average molecular weight is 264 g/mol. The molecule has 1 atom stereocenters. The van der Waals surface area contributed by atoms with Gasteiger partial charge in [0, 0.05) is 16.7 Å².